The number of carbonyl (C=O) groups excluding carboxylic acids is 1. The molecule has 2 amide bonds. The lowest BCUT2D eigenvalue weighted by atomic mass is 9.93. The molecule has 0 bridgehead atoms. The smallest absolute Gasteiger partial charge is 0.343 e. The second-order valence-corrected chi connectivity index (χ2v) is 8.10. The molecule has 0 atom stereocenters. The van der Waals surface area contributed by atoms with Crippen LogP contribution in [-0.2, 0) is 6.61 Å². The van der Waals surface area contributed by atoms with E-state index in [1.165, 1.54) is 13.1 Å². The summed E-state index contributed by atoms with van der Waals surface area (Å²) in [5.41, 5.74) is 3.27. The molecule has 1 saturated heterocycles. The number of amides is 2. The number of carbonyl (C=O) groups is 1. The van der Waals surface area contributed by atoms with Crippen molar-refractivity contribution >= 4 is 6.03 Å². The molecule has 1 fully saturated rings. The predicted octanol–water partition coefficient (Wildman–Crippen LogP) is 3.80. The maximum absolute atomic E-state index is 14.4. The number of benzene rings is 2. The summed E-state index contributed by atoms with van der Waals surface area (Å²) >= 11 is 0. The first kappa shape index (κ1) is 22.8. The molecule has 2 aromatic carbocycles. The lowest BCUT2D eigenvalue weighted by molar-refractivity contribution is -0.0356. The fourth-order valence-electron chi connectivity index (χ4n) is 4.13. The monoisotopic (exact) mass is 454 g/mol. The number of nitrogens with zero attached hydrogens (tertiary/aromatic N) is 4. The number of halogens is 1. The van der Waals surface area contributed by atoms with Crippen LogP contribution < -0.4 is 4.74 Å². The number of piperidine rings is 1. The van der Waals surface area contributed by atoms with E-state index in [0.29, 0.717) is 36.6 Å². The van der Waals surface area contributed by atoms with Gasteiger partial charge >= 0.3 is 6.03 Å². The molecule has 8 nitrogen and oxygen atoms in total. The molecule has 174 valence electrons. The van der Waals surface area contributed by atoms with Gasteiger partial charge in [0.05, 0.1) is 30.8 Å². The van der Waals surface area contributed by atoms with Crippen LogP contribution in [0, 0.1) is 5.82 Å². The number of hydrogen-bond acceptors (Lipinski definition) is 5. The summed E-state index contributed by atoms with van der Waals surface area (Å²) in [5.74, 6) is 0.369. The number of hydroxylamine groups is 2. The summed E-state index contributed by atoms with van der Waals surface area (Å²) in [5, 5.41) is 24.2. The molecule has 1 aliphatic heterocycles. The van der Waals surface area contributed by atoms with Crippen LogP contribution in [0.4, 0.5) is 9.18 Å². The molecular formula is C24H27FN4O4. The standard InChI is InChI=1S/C24H27FN4O4/c1-27(32)24(31)28-11-9-16(10-12-28)22-14-23(17-3-4-18(15-30)21(25)13-17)29(26-22)19-5-7-20(33-2)8-6-19/h3-8,13-14,16,30,32H,9-12,15H2,1-2H3. The van der Waals surface area contributed by atoms with Crippen molar-refractivity contribution in [2.24, 2.45) is 0 Å². The minimum Gasteiger partial charge on any atom is -0.497 e. The van der Waals surface area contributed by atoms with Crippen LogP contribution in [-0.4, -0.2) is 63.3 Å². The van der Waals surface area contributed by atoms with E-state index in [0.717, 1.165) is 22.8 Å². The van der Waals surface area contributed by atoms with Gasteiger partial charge in [-0.2, -0.15) is 5.10 Å². The summed E-state index contributed by atoms with van der Waals surface area (Å²) in [4.78, 5) is 13.6. The Hall–Kier alpha value is -3.43. The van der Waals surface area contributed by atoms with E-state index in [2.05, 4.69) is 0 Å². The molecule has 2 heterocycles. The summed E-state index contributed by atoms with van der Waals surface area (Å²) < 4.78 is 21.5. The average Bonchev–Trinajstić information content (AvgIpc) is 3.29. The Labute approximate surface area is 191 Å². The van der Waals surface area contributed by atoms with Gasteiger partial charge in [0.1, 0.15) is 11.6 Å². The number of likely N-dealkylation sites (tertiary alicyclic amines) is 1. The molecule has 1 aromatic heterocycles. The van der Waals surface area contributed by atoms with E-state index in [1.54, 1.807) is 28.8 Å². The normalized spacial score (nSPS) is 14.4. The first-order valence-electron chi connectivity index (χ1n) is 10.8. The number of aromatic nitrogens is 2. The van der Waals surface area contributed by atoms with Crippen LogP contribution in [0.25, 0.3) is 16.9 Å². The van der Waals surface area contributed by atoms with Crippen LogP contribution in [0.3, 0.4) is 0 Å². The number of aliphatic hydroxyl groups excluding tert-OH is 1. The predicted molar refractivity (Wildman–Crippen MR) is 120 cm³/mol. The SMILES string of the molecule is COc1ccc(-n2nc(C3CCN(C(=O)N(C)O)CC3)cc2-c2ccc(CO)c(F)c2)cc1. The number of methoxy groups -OCH3 is 1. The number of rotatable bonds is 5. The molecular weight excluding hydrogens is 427 g/mol. The van der Waals surface area contributed by atoms with Crippen LogP contribution in [0.5, 0.6) is 5.75 Å². The minimum absolute atomic E-state index is 0.123. The van der Waals surface area contributed by atoms with Gasteiger partial charge in [-0.15, -0.1) is 0 Å². The van der Waals surface area contributed by atoms with Gasteiger partial charge in [0.15, 0.2) is 0 Å². The summed E-state index contributed by atoms with van der Waals surface area (Å²) in [7, 11) is 2.92. The molecule has 0 saturated carbocycles. The molecule has 0 unspecified atom stereocenters. The van der Waals surface area contributed by atoms with Gasteiger partial charge in [0, 0.05) is 37.2 Å². The summed E-state index contributed by atoms with van der Waals surface area (Å²) in [6.07, 6.45) is 1.41. The van der Waals surface area contributed by atoms with Crippen LogP contribution in [0.2, 0.25) is 0 Å². The molecule has 0 aliphatic carbocycles. The minimum atomic E-state index is -0.473. The van der Waals surface area contributed by atoms with Crippen molar-refractivity contribution in [1.29, 1.82) is 0 Å². The van der Waals surface area contributed by atoms with E-state index in [1.807, 2.05) is 30.3 Å². The van der Waals surface area contributed by atoms with Gasteiger partial charge in [0.2, 0.25) is 0 Å². The maximum atomic E-state index is 14.4. The van der Waals surface area contributed by atoms with E-state index in [-0.39, 0.29) is 18.1 Å². The second-order valence-electron chi connectivity index (χ2n) is 8.10. The average molecular weight is 455 g/mol. The van der Waals surface area contributed by atoms with Crippen molar-refractivity contribution in [2.45, 2.75) is 25.4 Å². The third kappa shape index (κ3) is 4.69. The van der Waals surface area contributed by atoms with Gasteiger partial charge in [0.25, 0.3) is 0 Å². The summed E-state index contributed by atoms with van der Waals surface area (Å²) in [6.45, 7) is 0.660. The molecule has 3 aromatic rings. The van der Waals surface area contributed by atoms with Crippen molar-refractivity contribution < 1.29 is 24.2 Å². The fraction of sp³-hybridized carbons (Fsp3) is 0.333. The van der Waals surface area contributed by atoms with Gasteiger partial charge in [-0.05, 0) is 49.2 Å². The number of aliphatic hydroxyl groups is 1. The third-order valence-corrected chi connectivity index (χ3v) is 6.03. The van der Waals surface area contributed by atoms with Crippen molar-refractivity contribution in [3.05, 3.63) is 65.6 Å². The fourth-order valence-corrected chi connectivity index (χ4v) is 4.13. The highest BCUT2D eigenvalue weighted by Crippen LogP contribution is 2.33. The Kier molecular flexibility index (Phi) is 6.62. The Morgan fingerprint density at radius 3 is 2.45 bits per heavy atom. The van der Waals surface area contributed by atoms with Crippen LogP contribution in [0.15, 0.2) is 48.5 Å². The van der Waals surface area contributed by atoms with Gasteiger partial charge in [-0.25, -0.2) is 18.9 Å². The Morgan fingerprint density at radius 1 is 1.18 bits per heavy atom. The first-order chi connectivity index (χ1) is 15.9. The quantitative estimate of drug-likeness (QED) is 0.452. The number of hydrogen-bond donors (Lipinski definition) is 2. The summed E-state index contributed by atoms with van der Waals surface area (Å²) in [6, 6.07) is 13.7. The largest absolute Gasteiger partial charge is 0.497 e. The van der Waals surface area contributed by atoms with E-state index in [4.69, 9.17) is 9.84 Å². The van der Waals surface area contributed by atoms with Crippen LogP contribution in [0.1, 0.15) is 30.0 Å². The lowest BCUT2D eigenvalue weighted by Crippen LogP contribution is -2.43. The Morgan fingerprint density at radius 2 is 1.88 bits per heavy atom. The van der Waals surface area contributed by atoms with Gasteiger partial charge in [-0.3, -0.25) is 5.21 Å². The lowest BCUT2D eigenvalue weighted by Gasteiger charge is -2.32. The van der Waals surface area contributed by atoms with Crippen LogP contribution >= 0.6 is 0 Å². The van der Waals surface area contributed by atoms with E-state index < -0.39 is 11.8 Å². The van der Waals surface area contributed by atoms with Crippen molar-refractivity contribution in [3.63, 3.8) is 0 Å². The van der Waals surface area contributed by atoms with Gasteiger partial charge in [-0.1, -0.05) is 12.1 Å². The third-order valence-electron chi connectivity index (χ3n) is 6.03. The molecule has 1 aliphatic rings. The van der Waals surface area contributed by atoms with Gasteiger partial charge < -0.3 is 14.7 Å². The molecule has 9 heteroatoms. The molecule has 0 radical (unpaired) electrons. The highest BCUT2D eigenvalue weighted by Gasteiger charge is 2.28. The van der Waals surface area contributed by atoms with E-state index in [9.17, 15) is 19.5 Å². The Balaban J connectivity index is 1.68. The van der Waals surface area contributed by atoms with Crippen molar-refractivity contribution in [2.75, 3.05) is 27.2 Å². The molecule has 2 N–H and O–H groups in total. The van der Waals surface area contributed by atoms with Crippen molar-refractivity contribution in [3.8, 4) is 22.7 Å². The zero-order chi connectivity index (χ0) is 23.5. The van der Waals surface area contributed by atoms with Crippen molar-refractivity contribution in [1.82, 2.24) is 19.7 Å². The maximum Gasteiger partial charge on any atom is 0.343 e. The zero-order valence-corrected chi connectivity index (χ0v) is 18.6. The molecule has 33 heavy (non-hydrogen) atoms. The highest BCUT2D eigenvalue weighted by atomic mass is 19.1. The number of urea groups is 1. The molecule has 0 spiro atoms. The Bertz CT molecular complexity index is 1120. The topological polar surface area (TPSA) is 91.1 Å². The second kappa shape index (κ2) is 9.60. The zero-order valence-electron chi connectivity index (χ0n) is 18.6. The first-order valence-corrected chi connectivity index (χ1v) is 10.8. The van der Waals surface area contributed by atoms with E-state index >= 15 is 0 Å². The molecule has 4 rings (SSSR count). The number of ether oxygens (including phenoxy) is 1. The highest BCUT2D eigenvalue weighted by molar-refractivity contribution is 5.73.